The predicted molar refractivity (Wildman–Crippen MR) is 78.6 cm³/mol. The second kappa shape index (κ2) is 6.25. The van der Waals surface area contributed by atoms with E-state index in [-0.39, 0.29) is 24.6 Å². The van der Waals surface area contributed by atoms with Crippen LogP contribution in [-0.2, 0) is 4.74 Å². The van der Waals surface area contributed by atoms with Gasteiger partial charge in [0.1, 0.15) is 5.69 Å². The molecule has 2 atom stereocenters. The van der Waals surface area contributed by atoms with Crippen LogP contribution >= 0.6 is 0 Å². The van der Waals surface area contributed by atoms with Gasteiger partial charge < -0.3 is 15.4 Å². The summed E-state index contributed by atoms with van der Waals surface area (Å²) in [7, 11) is 0. The van der Waals surface area contributed by atoms with Crippen molar-refractivity contribution in [2.75, 3.05) is 19.7 Å². The molecule has 0 spiro atoms. The van der Waals surface area contributed by atoms with Crippen molar-refractivity contribution < 1.29 is 9.53 Å². The fraction of sp³-hybridized carbons (Fsp3) is 0.500. The molecule has 1 aliphatic heterocycles. The van der Waals surface area contributed by atoms with Crippen LogP contribution in [0.25, 0.3) is 0 Å². The number of nitrogens with zero attached hydrogens (tertiary/aromatic N) is 2. The fourth-order valence-electron chi connectivity index (χ4n) is 3.14. The molecule has 1 saturated carbocycles. The summed E-state index contributed by atoms with van der Waals surface area (Å²) in [5, 5.41) is 0. The molecule has 0 aromatic carbocycles. The lowest BCUT2D eigenvalue weighted by Crippen LogP contribution is -2.51. The summed E-state index contributed by atoms with van der Waals surface area (Å²) in [5.41, 5.74) is 6.48. The highest BCUT2D eigenvalue weighted by molar-refractivity contribution is 5.95. The number of aromatic nitrogens is 1. The minimum Gasteiger partial charge on any atom is -0.374 e. The number of hydrogen-bond acceptors (Lipinski definition) is 4. The molecule has 5 heteroatoms. The zero-order valence-electron chi connectivity index (χ0n) is 11.9. The summed E-state index contributed by atoms with van der Waals surface area (Å²) in [5.74, 6) is 5.68. The van der Waals surface area contributed by atoms with Crippen LogP contribution in [0.1, 0.15) is 35.3 Å². The van der Waals surface area contributed by atoms with Crippen molar-refractivity contribution in [1.29, 1.82) is 0 Å². The van der Waals surface area contributed by atoms with Crippen LogP contribution in [0.5, 0.6) is 0 Å². The lowest BCUT2D eigenvalue weighted by Gasteiger charge is -2.37. The maximum absolute atomic E-state index is 12.8. The number of fused-ring (bicyclic) bond motifs is 1. The van der Waals surface area contributed by atoms with E-state index in [9.17, 15) is 4.79 Å². The van der Waals surface area contributed by atoms with Crippen LogP contribution in [0.15, 0.2) is 18.3 Å². The number of hydrogen-bond donors (Lipinski definition) is 1. The summed E-state index contributed by atoms with van der Waals surface area (Å²) in [6.45, 7) is 1.49. The second-order valence-corrected chi connectivity index (χ2v) is 5.31. The Morgan fingerprint density at radius 3 is 3.29 bits per heavy atom. The number of pyridine rings is 1. The first-order chi connectivity index (χ1) is 10.3. The third kappa shape index (κ3) is 2.78. The van der Waals surface area contributed by atoms with Gasteiger partial charge in [-0.2, -0.15) is 0 Å². The van der Waals surface area contributed by atoms with Crippen molar-refractivity contribution in [3.63, 3.8) is 0 Å². The third-order valence-corrected chi connectivity index (χ3v) is 4.08. The number of morpholine rings is 1. The number of ether oxygens (including phenoxy) is 1. The van der Waals surface area contributed by atoms with Gasteiger partial charge in [0, 0.05) is 12.7 Å². The highest BCUT2D eigenvalue weighted by atomic mass is 16.5. The van der Waals surface area contributed by atoms with Crippen molar-refractivity contribution in [3.8, 4) is 11.8 Å². The van der Waals surface area contributed by atoms with Crippen LogP contribution in [0.3, 0.4) is 0 Å². The van der Waals surface area contributed by atoms with Gasteiger partial charge in [-0.25, -0.2) is 4.98 Å². The van der Waals surface area contributed by atoms with Crippen molar-refractivity contribution in [2.24, 2.45) is 5.73 Å². The molecule has 0 radical (unpaired) electrons. The molecule has 2 fully saturated rings. The summed E-state index contributed by atoms with van der Waals surface area (Å²) in [4.78, 5) is 19.0. The van der Waals surface area contributed by atoms with Crippen LogP contribution in [0.2, 0.25) is 0 Å². The molecule has 0 bridgehead atoms. The first-order valence-electron chi connectivity index (χ1n) is 7.38. The molecule has 110 valence electrons. The van der Waals surface area contributed by atoms with Gasteiger partial charge in [0.2, 0.25) is 0 Å². The Bertz CT molecular complexity index is 591. The lowest BCUT2D eigenvalue weighted by atomic mass is 10.1. The number of carbonyl (C=O) groups excluding carboxylic acids is 1. The largest absolute Gasteiger partial charge is 0.374 e. The summed E-state index contributed by atoms with van der Waals surface area (Å²) in [6.07, 6.45) is 4.98. The first kappa shape index (κ1) is 14.1. The molecule has 1 aromatic heterocycles. The highest BCUT2D eigenvalue weighted by Gasteiger charge is 2.39. The molecule has 1 aromatic rings. The van der Waals surface area contributed by atoms with E-state index in [1.54, 1.807) is 12.3 Å². The van der Waals surface area contributed by atoms with Crippen molar-refractivity contribution >= 4 is 5.91 Å². The van der Waals surface area contributed by atoms with E-state index in [0.717, 1.165) is 19.3 Å². The maximum Gasteiger partial charge on any atom is 0.274 e. The molecule has 2 heterocycles. The zero-order valence-corrected chi connectivity index (χ0v) is 11.9. The fourth-order valence-corrected chi connectivity index (χ4v) is 3.14. The summed E-state index contributed by atoms with van der Waals surface area (Å²) >= 11 is 0. The van der Waals surface area contributed by atoms with Crippen molar-refractivity contribution in [3.05, 3.63) is 29.6 Å². The monoisotopic (exact) mass is 285 g/mol. The summed E-state index contributed by atoms with van der Waals surface area (Å²) < 4.78 is 5.75. The third-order valence-electron chi connectivity index (χ3n) is 4.08. The van der Waals surface area contributed by atoms with E-state index < -0.39 is 0 Å². The Morgan fingerprint density at radius 2 is 2.43 bits per heavy atom. The number of rotatable bonds is 1. The Morgan fingerprint density at radius 1 is 1.52 bits per heavy atom. The van der Waals surface area contributed by atoms with E-state index >= 15 is 0 Å². The SMILES string of the molecule is NCC#Cc1cccnc1C(=O)N1CCOC2CCCC21. The molecule has 1 amide bonds. The van der Waals surface area contributed by atoms with Crippen LogP contribution in [-0.4, -0.2) is 47.6 Å². The van der Waals surface area contributed by atoms with E-state index in [4.69, 9.17) is 10.5 Å². The van der Waals surface area contributed by atoms with Gasteiger partial charge in [-0.15, -0.1) is 0 Å². The smallest absolute Gasteiger partial charge is 0.274 e. The molecule has 2 unspecified atom stereocenters. The Hall–Kier alpha value is -1.90. The average Bonchev–Trinajstić information content (AvgIpc) is 3.01. The minimum atomic E-state index is -0.0443. The Kier molecular flexibility index (Phi) is 4.18. The van der Waals surface area contributed by atoms with Gasteiger partial charge in [0.15, 0.2) is 0 Å². The van der Waals surface area contributed by atoms with Gasteiger partial charge in [-0.05, 0) is 31.4 Å². The predicted octanol–water partition coefficient (Wildman–Crippen LogP) is 0.785. The second-order valence-electron chi connectivity index (χ2n) is 5.31. The standard InChI is InChI=1S/C16H19N3O2/c17-8-2-4-12-5-3-9-18-15(12)16(20)19-10-11-21-14-7-1-6-13(14)19/h3,5,9,13-14H,1,6-8,10-11,17H2. The lowest BCUT2D eigenvalue weighted by molar-refractivity contribution is -0.0447. The van der Waals surface area contributed by atoms with E-state index in [2.05, 4.69) is 16.8 Å². The summed E-state index contributed by atoms with van der Waals surface area (Å²) in [6, 6.07) is 3.79. The van der Waals surface area contributed by atoms with Gasteiger partial charge in [0.25, 0.3) is 5.91 Å². The molecular weight excluding hydrogens is 266 g/mol. The van der Waals surface area contributed by atoms with Crippen molar-refractivity contribution in [2.45, 2.75) is 31.4 Å². The Balaban J connectivity index is 1.88. The van der Waals surface area contributed by atoms with Crippen LogP contribution < -0.4 is 5.73 Å². The van der Waals surface area contributed by atoms with Gasteiger partial charge >= 0.3 is 0 Å². The van der Waals surface area contributed by atoms with E-state index in [0.29, 0.717) is 24.4 Å². The number of carbonyl (C=O) groups is 1. The van der Waals surface area contributed by atoms with Gasteiger partial charge in [0.05, 0.1) is 30.9 Å². The quantitative estimate of drug-likeness (QED) is 0.774. The average molecular weight is 285 g/mol. The molecule has 1 aliphatic carbocycles. The van der Waals surface area contributed by atoms with E-state index in [1.165, 1.54) is 0 Å². The molecular formula is C16H19N3O2. The normalized spacial score (nSPS) is 24.1. The van der Waals surface area contributed by atoms with Gasteiger partial charge in [-0.1, -0.05) is 11.8 Å². The molecule has 3 rings (SSSR count). The van der Waals surface area contributed by atoms with E-state index in [1.807, 2.05) is 11.0 Å². The highest BCUT2D eigenvalue weighted by Crippen LogP contribution is 2.30. The van der Waals surface area contributed by atoms with Crippen LogP contribution in [0, 0.1) is 11.8 Å². The first-order valence-corrected chi connectivity index (χ1v) is 7.38. The molecule has 1 saturated heterocycles. The molecule has 2 N–H and O–H groups in total. The van der Waals surface area contributed by atoms with Gasteiger partial charge in [-0.3, -0.25) is 4.79 Å². The minimum absolute atomic E-state index is 0.0443. The van der Waals surface area contributed by atoms with Crippen LogP contribution in [0.4, 0.5) is 0 Å². The molecule has 21 heavy (non-hydrogen) atoms. The Labute approximate surface area is 124 Å². The van der Waals surface area contributed by atoms with Crippen molar-refractivity contribution in [1.82, 2.24) is 9.88 Å². The topological polar surface area (TPSA) is 68.5 Å². The number of amides is 1. The zero-order chi connectivity index (χ0) is 14.7. The molecule has 2 aliphatic rings. The molecule has 5 nitrogen and oxygen atoms in total. The maximum atomic E-state index is 12.8. The number of nitrogens with two attached hydrogens (primary N) is 1.